The van der Waals surface area contributed by atoms with Crippen LogP contribution in [0.25, 0.3) is 0 Å². The second-order valence-corrected chi connectivity index (χ2v) is 9.78. The summed E-state index contributed by atoms with van der Waals surface area (Å²) in [5.74, 6) is -0.0516. The summed E-state index contributed by atoms with van der Waals surface area (Å²) in [6.07, 6.45) is 3.24. The van der Waals surface area contributed by atoms with E-state index in [1.165, 1.54) is 21.9 Å². The Hall–Kier alpha value is -1.58. The topological polar surface area (TPSA) is 101 Å². The van der Waals surface area contributed by atoms with E-state index in [0.29, 0.717) is 24.5 Å². The fraction of sp³-hybridized carbons (Fsp3) is 0.611. The molecule has 0 saturated carbocycles. The number of amides is 1. The first kappa shape index (κ1) is 21.7. The van der Waals surface area contributed by atoms with Gasteiger partial charge in [-0.1, -0.05) is 6.07 Å². The van der Waals surface area contributed by atoms with Crippen LogP contribution in [0.4, 0.5) is 0 Å². The Balaban J connectivity index is 1.58. The lowest BCUT2D eigenvalue weighted by molar-refractivity contribution is -0.125. The van der Waals surface area contributed by atoms with E-state index in [4.69, 9.17) is 0 Å². The summed E-state index contributed by atoms with van der Waals surface area (Å²) in [7, 11) is -3.14. The van der Waals surface area contributed by atoms with E-state index in [0.717, 1.165) is 12.8 Å². The lowest BCUT2D eigenvalue weighted by Gasteiger charge is -2.30. The van der Waals surface area contributed by atoms with E-state index in [9.17, 15) is 22.8 Å². The minimum atomic E-state index is -3.14. The van der Waals surface area contributed by atoms with Gasteiger partial charge in [0.25, 0.3) is 0 Å². The number of nitrogens with zero attached hydrogens (tertiary/aromatic N) is 1. The van der Waals surface area contributed by atoms with Crippen molar-refractivity contribution in [3.63, 3.8) is 0 Å². The largest absolute Gasteiger partial charge is 0.356 e. The highest BCUT2D eigenvalue weighted by molar-refractivity contribution is 7.88. The SMILES string of the molecule is CS(=O)(=O)N1CCC(CNC(=O)CCC(=O)CCC(=O)c2cccs2)CC1. The molecule has 7 nitrogen and oxygen atoms in total. The van der Waals surface area contributed by atoms with Gasteiger partial charge in [-0.25, -0.2) is 12.7 Å². The van der Waals surface area contributed by atoms with Crippen LogP contribution in [0, 0.1) is 5.92 Å². The van der Waals surface area contributed by atoms with E-state index in [2.05, 4.69) is 5.32 Å². The average molecular weight is 415 g/mol. The fourth-order valence-corrected chi connectivity index (χ4v) is 4.55. The zero-order valence-corrected chi connectivity index (χ0v) is 17.1. The summed E-state index contributed by atoms with van der Waals surface area (Å²) < 4.78 is 24.4. The van der Waals surface area contributed by atoms with Gasteiger partial charge in [-0.3, -0.25) is 14.4 Å². The zero-order chi connectivity index (χ0) is 19.9. The Labute approximate surface area is 164 Å². The molecule has 1 fully saturated rings. The smallest absolute Gasteiger partial charge is 0.220 e. The highest BCUT2D eigenvalue weighted by Gasteiger charge is 2.25. The van der Waals surface area contributed by atoms with Crippen molar-refractivity contribution in [1.29, 1.82) is 0 Å². The number of thiophene rings is 1. The van der Waals surface area contributed by atoms with Crippen molar-refractivity contribution in [3.8, 4) is 0 Å². The summed E-state index contributed by atoms with van der Waals surface area (Å²) in [6, 6.07) is 3.54. The third-order valence-electron chi connectivity index (χ3n) is 4.69. The number of nitrogens with one attached hydrogen (secondary N) is 1. The minimum Gasteiger partial charge on any atom is -0.356 e. The number of hydrogen-bond acceptors (Lipinski definition) is 6. The quantitative estimate of drug-likeness (QED) is 0.589. The number of sulfonamides is 1. The molecule has 2 heterocycles. The summed E-state index contributed by atoms with van der Waals surface area (Å²) in [4.78, 5) is 36.3. The van der Waals surface area contributed by atoms with Crippen LogP contribution in [0.2, 0.25) is 0 Å². The lowest BCUT2D eigenvalue weighted by atomic mass is 9.98. The fourth-order valence-electron chi connectivity index (χ4n) is 2.98. The van der Waals surface area contributed by atoms with Crippen LogP contribution >= 0.6 is 11.3 Å². The van der Waals surface area contributed by atoms with Gasteiger partial charge >= 0.3 is 0 Å². The maximum absolute atomic E-state index is 11.9. The van der Waals surface area contributed by atoms with E-state index in [1.54, 1.807) is 12.1 Å². The summed E-state index contributed by atoms with van der Waals surface area (Å²) in [5, 5.41) is 4.65. The highest BCUT2D eigenvalue weighted by atomic mass is 32.2. The molecular weight excluding hydrogens is 388 g/mol. The molecule has 1 amide bonds. The third-order valence-corrected chi connectivity index (χ3v) is 6.90. The van der Waals surface area contributed by atoms with E-state index < -0.39 is 10.0 Å². The van der Waals surface area contributed by atoms with Crippen LogP contribution in [-0.4, -0.2) is 56.1 Å². The maximum atomic E-state index is 11.9. The molecule has 0 spiro atoms. The molecule has 0 radical (unpaired) electrons. The van der Waals surface area contributed by atoms with Crippen molar-refractivity contribution in [3.05, 3.63) is 22.4 Å². The van der Waals surface area contributed by atoms with Gasteiger partial charge in [0, 0.05) is 45.3 Å². The second-order valence-electron chi connectivity index (χ2n) is 6.85. The Morgan fingerprint density at radius 2 is 1.81 bits per heavy atom. The molecule has 2 rings (SSSR count). The first-order valence-electron chi connectivity index (χ1n) is 9.06. The Bertz CT molecular complexity index is 751. The molecular formula is C18H26N2O5S2. The van der Waals surface area contributed by atoms with E-state index in [1.807, 2.05) is 5.38 Å². The summed E-state index contributed by atoms with van der Waals surface area (Å²) in [5.41, 5.74) is 0. The van der Waals surface area contributed by atoms with Gasteiger partial charge in [0.2, 0.25) is 15.9 Å². The summed E-state index contributed by atoms with van der Waals surface area (Å²) in [6.45, 7) is 1.47. The predicted octanol–water partition coefficient (Wildman–Crippen LogP) is 1.85. The number of carbonyl (C=O) groups excluding carboxylic acids is 3. The molecule has 0 bridgehead atoms. The Morgan fingerprint density at radius 3 is 2.41 bits per heavy atom. The molecule has 150 valence electrons. The lowest BCUT2D eigenvalue weighted by Crippen LogP contribution is -2.41. The number of hydrogen-bond donors (Lipinski definition) is 1. The molecule has 0 atom stereocenters. The van der Waals surface area contributed by atoms with Crippen molar-refractivity contribution >= 4 is 38.8 Å². The molecule has 1 N–H and O–H groups in total. The number of rotatable bonds is 10. The van der Waals surface area contributed by atoms with Gasteiger partial charge in [0.1, 0.15) is 5.78 Å². The van der Waals surface area contributed by atoms with Crippen LogP contribution in [0.5, 0.6) is 0 Å². The second kappa shape index (κ2) is 10.1. The maximum Gasteiger partial charge on any atom is 0.220 e. The predicted molar refractivity (Wildman–Crippen MR) is 104 cm³/mol. The molecule has 9 heteroatoms. The van der Waals surface area contributed by atoms with Crippen LogP contribution in [-0.2, 0) is 19.6 Å². The molecule has 1 aromatic heterocycles. The molecule has 0 aliphatic carbocycles. The van der Waals surface area contributed by atoms with Crippen molar-refractivity contribution in [2.75, 3.05) is 25.9 Å². The molecule has 0 unspecified atom stereocenters. The van der Waals surface area contributed by atoms with Crippen LogP contribution in [0.3, 0.4) is 0 Å². The Morgan fingerprint density at radius 1 is 1.15 bits per heavy atom. The number of carbonyl (C=O) groups is 3. The third kappa shape index (κ3) is 7.51. The molecule has 27 heavy (non-hydrogen) atoms. The van der Waals surface area contributed by atoms with Crippen molar-refractivity contribution in [2.45, 2.75) is 38.5 Å². The normalized spacial score (nSPS) is 16.2. The molecule has 1 aliphatic heterocycles. The molecule has 1 saturated heterocycles. The first-order valence-corrected chi connectivity index (χ1v) is 11.8. The van der Waals surface area contributed by atoms with Crippen molar-refractivity contribution in [2.24, 2.45) is 5.92 Å². The molecule has 1 aliphatic rings. The minimum absolute atomic E-state index is 0.0387. The van der Waals surface area contributed by atoms with Gasteiger partial charge < -0.3 is 5.32 Å². The van der Waals surface area contributed by atoms with Crippen molar-refractivity contribution in [1.82, 2.24) is 9.62 Å². The van der Waals surface area contributed by atoms with Crippen LogP contribution in [0.15, 0.2) is 17.5 Å². The first-order chi connectivity index (χ1) is 12.8. The molecule has 0 aromatic carbocycles. The van der Waals surface area contributed by atoms with Gasteiger partial charge in [0.15, 0.2) is 5.78 Å². The number of piperidine rings is 1. The Kier molecular flexibility index (Phi) is 8.12. The van der Waals surface area contributed by atoms with Gasteiger partial charge in [0.05, 0.1) is 11.1 Å². The van der Waals surface area contributed by atoms with Gasteiger partial charge in [-0.05, 0) is 30.2 Å². The number of ketones is 2. The molecule has 1 aromatic rings. The van der Waals surface area contributed by atoms with E-state index >= 15 is 0 Å². The standard InChI is InChI=1S/C18H26N2O5S2/c1-27(24,25)20-10-8-14(9-11-20)13-19-18(23)7-5-15(21)4-6-16(22)17-3-2-12-26-17/h2-3,12,14H,4-11,13H2,1H3,(H,19,23). The summed E-state index contributed by atoms with van der Waals surface area (Å²) >= 11 is 1.36. The van der Waals surface area contributed by atoms with Crippen molar-refractivity contribution < 1.29 is 22.8 Å². The zero-order valence-electron chi connectivity index (χ0n) is 15.5. The van der Waals surface area contributed by atoms with Crippen LogP contribution in [0.1, 0.15) is 48.2 Å². The van der Waals surface area contributed by atoms with E-state index in [-0.39, 0.29) is 49.1 Å². The highest BCUT2D eigenvalue weighted by Crippen LogP contribution is 2.18. The van der Waals surface area contributed by atoms with Gasteiger partial charge in [-0.2, -0.15) is 0 Å². The van der Waals surface area contributed by atoms with Crippen LogP contribution < -0.4 is 5.32 Å². The average Bonchev–Trinajstić information content (AvgIpc) is 3.17. The van der Waals surface area contributed by atoms with Gasteiger partial charge in [-0.15, -0.1) is 11.3 Å². The number of Topliss-reactive ketones (excluding diaryl/α,β-unsaturated/α-hetero) is 2. The monoisotopic (exact) mass is 414 g/mol.